The van der Waals surface area contributed by atoms with Gasteiger partial charge in [-0.1, -0.05) is 30.3 Å². The van der Waals surface area contributed by atoms with Crippen molar-refractivity contribution < 1.29 is 19.1 Å². The summed E-state index contributed by atoms with van der Waals surface area (Å²) in [7, 11) is 2.60. The molecule has 2 aromatic rings. The average molecular weight is 401 g/mol. The van der Waals surface area contributed by atoms with Crippen LogP contribution in [0, 0.1) is 0 Å². The van der Waals surface area contributed by atoms with Crippen LogP contribution in [-0.4, -0.2) is 42.2 Å². The number of hydrogen-bond acceptors (Lipinski definition) is 5. The van der Waals surface area contributed by atoms with Crippen molar-refractivity contribution in [2.75, 3.05) is 19.5 Å². The third-order valence-electron chi connectivity index (χ3n) is 4.17. The Hall–Kier alpha value is -2.93. The van der Waals surface area contributed by atoms with E-state index >= 15 is 0 Å². The number of nitrogens with one attached hydrogen (secondary N) is 1. The number of methoxy groups -OCH3 is 2. The lowest BCUT2D eigenvalue weighted by Crippen LogP contribution is -2.39. The van der Waals surface area contributed by atoms with Crippen LogP contribution in [0.2, 0.25) is 0 Å². The number of ether oxygens (including phenoxy) is 2. The van der Waals surface area contributed by atoms with Crippen LogP contribution in [0.15, 0.2) is 48.5 Å². The van der Waals surface area contributed by atoms with Gasteiger partial charge in [-0.2, -0.15) is 0 Å². The summed E-state index contributed by atoms with van der Waals surface area (Å²) in [5, 5.41) is 3.53. The lowest BCUT2D eigenvalue weighted by atomic mass is 10.1. The molecule has 0 aliphatic heterocycles. The second kappa shape index (κ2) is 9.85. The summed E-state index contributed by atoms with van der Waals surface area (Å²) in [6.45, 7) is 4.67. The first-order chi connectivity index (χ1) is 13.4. The maximum Gasteiger partial charge on any atom is 0.339 e. The number of hydrogen-bond donors (Lipinski definition) is 1. The maximum atomic E-state index is 12.1. The minimum Gasteiger partial charge on any atom is -0.465 e. The van der Waals surface area contributed by atoms with Crippen molar-refractivity contribution in [2.24, 2.45) is 0 Å². The Kier molecular flexibility index (Phi) is 7.52. The van der Waals surface area contributed by atoms with E-state index in [4.69, 9.17) is 21.7 Å². The highest BCUT2D eigenvalue weighted by Gasteiger charge is 2.20. The van der Waals surface area contributed by atoms with Gasteiger partial charge in [0.15, 0.2) is 5.11 Å². The molecule has 0 aliphatic rings. The molecule has 0 heterocycles. The van der Waals surface area contributed by atoms with Gasteiger partial charge >= 0.3 is 11.9 Å². The number of carbonyl (C=O) groups excluding carboxylic acids is 2. The first-order valence-electron chi connectivity index (χ1n) is 8.79. The molecule has 0 unspecified atom stereocenters. The van der Waals surface area contributed by atoms with Crippen LogP contribution in [0.3, 0.4) is 0 Å². The fourth-order valence-corrected chi connectivity index (χ4v) is 3.02. The molecular weight excluding hydrogens is 376 g/mol. The lowest BCUT2D eigenvalue weighted by molar-refractivity contribution is 0.0587. The normalized spacial score (nSPS) is 10.3. The number of thiocarbonyl (C=S) groups is 1. The van der Waals surface area contributed by atoms with Crippen LogP contribution in [-0.2, 0) is 16.0 Å². The molecule has 28 heavy (non-hydrogen) atoms. The Morgan fingerprint density at radius 3 is 2.25 bits per heavy atom. The Morgan fingerprint density at radius 1 is 1.04 bits per heavy atom. The molecule has 2 rings (SSSR count). The Bertz CT molecular complexity index is 853. The van der Waals surface area contributed by atoms with Crippen molar-refractivity contribution in [3.05, 3.63) is 65.2 Å². The summed E-state index contributed by atoms with van der Waals surface area (Å²) in [5.74, 6) is -1.03. The van der Waals surface area contributed by atoms with E-state index in [0.29, 0.717) is 22.9 Å². The standard InChI is InChI=1S/C21H24N2O4S/c1-14(2)23(13-15-8-6-5-7-9-15)21(28)22-18-12-16(19(24)26-3)10-11-17(18)20(25)27-4/h5-12,14H,13H2,1-4H3,(H,22,28). The quantitative estimate of drug-likeness (QED) is 0.583. The largest absolute Gasteiger partial charge is 0.465 e. The molecule has 0 fully saturated rings. The van der Waals surface area contributed by atoms with Gasteiger partial charge in [-0.3, -0.25) is 0 Å². The van der Waals surface area contributed by atoms with Crippen molar-refractivity contribution in [3.8, 4) is 0 Å². The molecule has 0 amide bonds. The second-order valence-corrected chi connectivity index (χ2v) is 6.77. The van der Waals surface area contributed by atoms with Gasteiger partial charge in [0, 0.05) is 12.6 Å². The predicted octanol–water partition coefficient (Wildman–Crippen LogP) is 3.87. The number of nitrogens with zero attached hydrogens (tertiary/aromatic N) is 1. The van der Waals surface area contributed by atoms with Crippen LogP contribution < -0.4 is 5.32 Å². The molecule has 1 N–H and O–H groups in total. The smallest absolute Gasteiger partial charge is 0.339 e. The molecule has 0 aliphatic carbocycles. The zero-order valence-corrected chi connectivity index (χ0v) is 17.2. The Morgan fingerprint density at radius 2 is 1.68 bits per heavy atom. The second-order valence-electron chi connectivity index (χ2n) is 6.38. The summed E-state index contributed by atoms with van der Waals surface area (Å²) in [4.78, 5) is 26.0. The zero-order valence-electron chi connectivity index (χ0n) is 16.4. The third-order valence-corrected chi connectivity index (χ3v) is 4.50. The van der Waals surface area contributed by atoms with Gasteiger partial charge in [0.05, 0.1) is 31.0 Å². The highest BCUT2D eigenvalue weighted by molar-refractivity contribution is 7.80. The topological polar surface area (TPSA) is 67.9 Å². The van der Waals surface area contributed by atoms with E-state index in [1.807, 2.05) is 49.1 Å². The SMILES string of the molecule is COC(=O)c1ccc(C(=O)OC)c(NC(=S)N(Cc2ccccc2)C(C)C)c1. The molecule has 0 saturated heterocycles. The van der Waals surface area contributed by atoms with Gasteiger partial charge in [0.25, 0.3) is 0 Å². The molecule has 6 nitrogen and oxygen atoms in total. The first-order valence-corrected chi connectivity index (χ1v) is 9.20. The Labute approximate surface area is 170 Å². The van der Waals surface area contributed by atoms with Gasteiger partial charge in [-0.05, 0) is 49.8 Å². The molecule has 148 valence electrons. The summed E-state index contributed by atoms with van der Waals surface area (Å²) >= 11 is 5.60. The molecule has 0 aromatic heterocycles. The fourth-order valence-electron chi connectivity index (χ4n) is 2.64. The molecule has 2 aromatic carbocycles. The van der Waals surface area contributed by atoms with Crippen LogP contribution in [0.25, 0.3) is 0 Å². The van der Waals surface area contributed by atoms with E-state index in [-0.39, 0.29) is 11.6 Å². The molecule has 0 spiro atoms. The minimum absolute atomic E-state index is 0.116. The fraction of sp³-hybridized carbons (Fsp3) is 0.286. The summed E-state index contributed by atoms with van der Waals surface area (Å²) in [5.41, 5.74) is 2.08. The minimum atomic E-state index is -0.527. The van der Waals surface area contributed by atoms with E-state index in [0.717, 1.165) is 5.56 Å². The first kappa shape index (κ1) is 21.4. The van der Waals surface area contributed by atoms with Gasteiger partial charge in [0.1, 0.15) is 0 Å². The summed E-state index contributed by atoms with van der Waals surface area (Å²) in [6.07, 6.45) is 0. The van der Waals surface area contributed by atoms with E-state index in [2.05, 4.69) is 5.32 Å². The van der Waals surface area contributed by atoms with Crippen molar-refractivity contribution in [3.63, 3.8) is 0 Å². The summed E-state index contributed by atoms with van der Waals surface area (Å²) in [6, 6.07) is 14.6. The van der Waals surface area contributed by atoms with Gasteiger partial charge in [0.2, 0.25) is 0 Å². The highest BCUT2D eigenvalue weighted by Crippen LogP contribution is 2.21. The van der Waals surface area contributed by atoms with E-state index in [1.165, 1.54) is 32.4 Å². The molecule has 7 heteroatoms. The number of anilines is 1. The van der Waals surface area contributed by atoms with Gasteiger partial charge in [-0.25, -0.2) is 9.59 Å². The van der Waals surface area contributed by atoms with Crippen molar-refractivity contribution >= 4 is 35.0 Å². The monoisotopic (exact) mass is 400 g/mol. The molecule has 0 bridgehead atoms. The van der Waals surface area contributed by atoms with Crippen LogP contribution >= 0.6 is 12.2 Å². The van der Waals surface area contributed by atoms with Crippen LogP contribution in [0.1, 0.15) is 40.1 Å². The van der Waals surface area contributed by atoms with Crippen LogP contribution in [0.5, 0.6) is 0 Å². The highest BCUT2D eigenvalue weighted by atomic mass is 32.1. The lowest BCUT2D eigenvalue weighted by Gasteiger charge is -2.30. The molecule has 0 saturated carbocycles. The van der Waals surface area contributed by atoms with Crippen molar-refractivity contribution in [2.45, 2.75) is 26.4 Å². The van der Waals surface area contributed by atoms with Gasteiger partial charge in [-0.15, -0.1) is 0 Å². The Balaban J connectivity index is 2.33. The van der Waals surface area contributed by atoms with Crippen LogP contribution in [0.4, 0.5) is 5.69 Å². The van der Waals surface area contributed by atoms with Crippen molar-refractivity contribution in [1.29, 1.82) is 0 Å². The number of rotatable bonds is 6. The van der Waals surface area contributed by atoms with E-state index in [1.54, 1.807) is 0 Å². The third kappa shape index (κ3) is 5.29. The van der Waals surface area contributed by atoms with E-state index < -0.39 is 11.9 Å². The predicted molar refractivity (Wildman–Crippen MR) is 112 cm³/mol. The van der Waals surface area contributed by atoms with Gasteiger partial charge < -0.3 is 19.7 Å². The molecule has 0 atom stereocenters. The number of benzene rings is 2. The van der Waals surface area contributed by atoms with Crippen molar-refractivity contribution in [1.82, 2.24) is 4.90 Å². The molecule has 0 radical (unpaired) electrons. The maximum absolute atomic E-state index is 12.1. The average Bonchev–Trinajstić information content (AvgIpc) is 2.71. The number of esters is 2. The number of carbonyl (C=O) groups is 2. The van der Waals surface area contributed by atoms with E-state index in [9.17, 15) is 9.59 Å². The zero-order chi connectivity index (χ0) is 20.7. The summed E-state index contributed by atoms with van der Waals surface area (Å²) < 4.78 is 9.60. The molecular formula is C21H24N2O4S.